The molecular formula is C23H15F3N2O3. The number of benzene rings is 2. The molecule has 0 saturated heterocycles. The van der Waals surface area contributed by atoms with E-state index in [-0.39, 0.29) is 22.8 Å². The van der Waals surface area contributed by atoms with Crippen LogP contribution in [-0.2, 0) is 11.0 Å². The second-order valence-electron chi connectivity index (χ2n) is 6.54. The Bertz CT molecular complexity index is 1200. The largest absolute Gasteiger partial charge is 0.457 e. The third kappa shape index (κ3) is 5.28. The van der Waals surface area contributed by atoms with Gasteiger partial charge in [-0.15, -0.1) is 0 Å². The highest BCUT2D eigenvalue weighted by atomic mass is 19.4. The first-order valence-electron chi connectivity index (χ1n) is 8.99. The molecule has 0 saturated carbocycles. The summed E-state index contributed by atoms with van der Waals surface area (Å²) in [6.45, 7) is 1.46. The minimum atomic E-state index is -4.55. The van der Waals surface area contributed by atoms with Crippen LogP contribution >= 0.6 is 0 Å². The van der Waals surface area contributed by atoms with Crippen molar-refractivity contribution in [1.29, 1.82) is 5.26 Å². The summed E-state index contributed by atoms with van der Waals surface area (Å²) in [7, 11) is 0. The maximum Gasteiger partial charge on any atom is 0.416 e. The van der Waals surface area contributed by atoms with Crippen LogP contribution in [0.5, 0.6) is 0 Å². The van der Waals surface area contributed by atoms with Gasteiger partial charge in [-0.1, -0.05) is 30.3 Å². The fourth-order valence-electron chi connectivity index (χ4n) is 2.72. The van der Waals surface area contributed by atoms with E-state index in [9.17, 15) is 28.0 Å². The summed E-state index contributed by atoms with van der Waals surface area (Å²) in [5, 5.41) is 11.6. The van der Waals surface area contributed by atoms with E-state index in [0.29, 0.717) is 16.9 Å². The maximum atomic E-state index is 12.8. The molecule has 0 unspecified atom stereocenters. The Morgan fingerprint density at radius 2 is 1.77 bits per heavy atom. The Labute approximate surface area is 175 Å². The number of Topliss-reactive ketones (excluding diaryl/α,β-unsaturated/α-hetero) is 1. The van der Waals surface area contributed by atoms with Crippen LogP contribution in [0.15, 0.2) is 70.7 Å². The highest BCUT2D eigenvalue weighted by Gasteiger charge is 2.30. The van der Waals surface area contributed by atoms with Crippen LogP contribution in [0.2, 0.25) is 0 Å². The number of nitrogens with zero attached hydrogens (tertiary/aromatic N) is 1. The number of carbonyl (C=O) groups is 2. The monoisotopic (exact) mass is 424 g/mol. The van der Waals surface area contributed by atoms with E-state index >= 15 is 0 Å². The van der Waals surface area contributed by atoms with E-state index in [1.54, 1.807) is 42.5 Å². The zero-order valence-electron chi connectivity index (χ0n) is 16.2. The molecule has 0 aliphatic heterocycles. The van der Waals surface area contributed by atoms with Gasteiger partial charge in [0.2, 0.25) is 0 Å². The number of nitriles is 1. The van der Waals surface area contributed by atoms with Gasteiger partial charge in [-0.3, -0.25) is 9.59 Å². The highest BCUT2D eigenvalue weighted by molar-refractivity contribution is 6.09. The standard InChI is InChI=1S/C23H15F3N2O3/c1-14(29)15-5-7-16(8-6-15)21-10-9-20(31-21)11-17(13-27)22(30)28-19-4-2-3-18(12-19)23(24,25)26/h2-12H,1H3,(H,28,30)/b17-11-. The third-order valence-electron chi connectivity index (χ3n) is 4.30. The maximum absolute atomic E-state index is 12.8. The normalized spacial score (nSPS) is 11.6. The second-order valence-corrected chi connectivity index (χ2v) is 6.54. The molecule has 3 aromatic rings. The van der Waals surface area contributed by atoms with Crippen molar-refractivity contribution in [2.24, 2.45) is 0 Å². The third-order valence-corrected chi connectivity index (χ3v) is 4.30. The average molecular weight is 424 g/mol. The van der Waals surface area contributed by atoms with Crippen LogP contribution in [0, 0.1) is 11.3 Å². The van der Waals surface area contributed by atoms with Crippen molar-refractivity contribution in [3.63, 3.8) is 0 Å². The molecule has 1 amide bonds. The fraction of sp³-hybridized carbons (Fsp3) is 0.0870. The highest BCUT2D eigenvalue weighted by Crippen LogP contribution is 2.31. The molecule has 5 nitrogen and oxygen atoms in total. The summed E-state index contributed by atoms with van der Waals surface area (Å²) in [6.07, 6.45) is -3.36. The molecule has 0 aliphatic rings. The van der Waals surface area contributed by atoms with Crippen molar-refractivity contribution in [1.82, 2.24) is 0 Å². The molecule has 3 rings (SSSR count). The van der Waals surface area contributed by atoms with Crippen LogP contribution in [0.25, 0.3) is 17.4 Å². The second kappa shape index (κ2) is 8.71. The number of anilines is 1. The Morgan fingerprint density at radius 3 is 2.39 bits per heavy atom. The van der Waals surface area contributed by atoms with Gasteiger partial charge in [0.15, 0.2) is 5.78 Å². The summed E-state index contributed by atoms with van der Waals surface area (Å²) < 4.78 is 44.1. The molecule has 156 valence electrons. The van der Waals surface area contributed by atoms with Gasteiger partial charge in [0.25, 0.3) is 5.91 Å². The molecule has 0 spiro atoms. The van der Waals surface area contributed by atoms with Gasteiger partial charge in [0.1, 0.15) is 23.2 Å². The van der Waals surface area contributed by atoms with Crippen molar-refractivity contribution in [3.8, 4) is 17.4 Å². The van der Waals surface area contributed by atoms with E-state index < -0.39 is 17.6 Å². The van der Waals surface area contributed by atoms with E-state index in [1.807, 2.05) is 0 Å². The van der Waals surface area contributed by atoms with Crippen LogP contribution in [0.1, 0.15) is 28.6 Å². The van der Waals surface area contributed by atoms with Gasteiger partial charge in [0.05, 0.1) is 5.56 Å². The molecule has 0 fully saturated rings. The molecule has 2 aromatic carbocycles. The minimum Gasteiger partial charge on any atom is -0.457 e. The molecule has 0 bridgehead atoms. The lowest BCUT2D eigenvalue weighted by molar-refractivity contribution is -0.137. The molecule has 31 heavy (non-hydrogen) atoms. The Hall–Kier alpha value is -4.12. The summed E-state index contributed by atoms with van der Waals surface area (Å²) >= 11 is 0. The molecule has 0 radical (unpaired) electrons. The number of ketones is 1. The van der Waals surface area contributed by atoms with Crippen molar-refractivity contribution in [2.75, 3.05) is 5.32 Å². The fourth-order valence-corrected chi connectivity index (χ4v) is 2.72. The van der Waals surface area contributed by atoms with Gasteiger partial charge in [0, 0.05) is 22.9 Å². The van der Waals surface area contributed by atoms with Gasteiger partial charge < -0.3 is 9.73 Å². The van der Waals surface area contributed by atoms with Gasteiger partial charge >= 0.3 is 6.18 Å². The molecule has 0 aliphatic carbocycles. The number of hydrogen-bond acceptors (Lipinski definition) is 4. The van der Waals surface area contributed by atoms with Crippen molar-refractivity contribution < 1.29 is 27.2 Å². The Morgan fingerprint density at radius 1 is 1.06 bits per heavy atom. The first kappa shape index (κ1) is 21.6. The van der Waals surface area contributed by atoms with Crippen molar-refractivity contribution in [2.45, 2.75) is 13.1 Å². The lowest BCUT2D eigenvalue weighted by Crippen LogP contribution is -2.14. The topological polar surface area (TPSA) is 83.1 Å². The van der Waals surface area contributed by atoms with E-state index in [1.165, 1.54) is 19.1 Å². The van der Waals surface area contributed by atoms with Gasteiger partial charge in [-0.25, -0.2) is 0 Å². The van der Waals surface area contributed by atoms with Crippen molar-refractivity contribution >= 4 is 23.5 Å². The smallest absolute Gasteiger partial charge is 0.416 e. The molecular weight excluding hydrogens is 409 g/mol. The van der Waals surface area contributed by atoms with E-state index in [2.05, 4.69) is 5.32 Å². The van der Waals surface area contributed by atoms with Gasteiger partial charge in [-0.05, 0) is 37.3 Å². The number of alkyl halides is 3. The van der Waals surface area contributed by atoms with Crippen LogP contribution in [-0.4, -0.2) is 11.7 Å². The Kier molecular flexibility index (Phi) is 6.07. The lowest BCUT2D eigenvalue weighted by Gasteiger charge is -2.09. The summed E-state index contributed by atoms with van der Waals surface area (Å²) in [5.41, 5.74) is -0.110. The summed E-state index contributed by atoms with van der Waals surface area (Å²) in [5.74, 6) is -0.274. The summed E-state index contributed by atoms with van der Waals surface area (Å²) in [6, 6.07) is 15.7. The zero-order valence-corrected chi connectivity index (χ0v) is 16.2. The minimum absolute atomic E-state index is 0.0694. The SMILES string of the molecule is CC(=O)c1ccc(-c2ccc(/C=C(/C#N)C(=O)Nc3cccc(C(F)(F)F)c3)o2)cc1. The lowest BCUT2D eigenvalue weighted by atomic mass is 10.1. The predicted octanol–water partition coefficient (Wildman–Crippen LogP) is 5.71. The number of nitrogens with one attached hydrogen (secondary N) is 1. The first-order valence-corrected chi connectivity index (χ1v) is 8.99. The van der Waals surface area contributed by atoms with Crippen LogP contribution in [0.3, 0.4) is 0 Å². The molecule has 1 N–H and O–H groups in total. The van der Waals surface area contributed by atoms with E-state index in [4.69, 9.17) is 4.42 Å². The number of hydrogen-bond donors (Lipinski definition) is 1. The van der Waals surface area contributed by atoms with Crippen LogP contribution in [0.4, 0.5) is 18.9 Å². The quantitative estimate of drug-likeness (QED) is 0.323. The number of carbonyl (C=O) groups excluding carboxylic acids is 2. The number of halogens is 3. The molecule has 8 heteroatoms. The average Bonchev–Trinajstić information content (AvgIpc) is 3.20. The summed E-state index contributed by atoms with van der Waals surface area (Å²) in [4.78, 5) is 23.7. The number of furan rings is 1. The number of rotatable bonds is 5. The Balaban J connectivity index is 1.78. The molecule has 1 heterocycles. The predicted molar refractivity (Wildman–Crippen MR) is 108 cm³/mol. The van der Waals surface area contributed by atoms with E-state index in [0.717, 1.165) is 18.2 Å². The zero-order chi connectivity index (χ0) is 22.6. The molecule has 1 aromatic heterocycles. The van der Waals surface area contributed by atoms with Gasteiger partial charge in [-0.2, -0.15) is 18.4 Å². The van der Waals surface area contributed by atoms with Crippen molar-refractivity contribution in [3.05, 3.63) is 83.1 Å². The first-order chi connectivity index (χ1) is 14.7. The number of amides is 1. The molecule has 0 atom stereocenters. The van der Waals surface area contributed by atoms with Crippen LogP contribution < -0.4 is 5.32 Å².